The second-order valence-electron chi connectivity index (χ2n) is 13.7. The first kappa shape index (κ1) is 44.3. The molecule has 0 aromatic heterocycles. The third kappa shape index (κ3) is 23.3. The summed E-state index contributed by atoms with van der Waals surface area (Å²) >= 11 is 0. The molecule has 0 aromatic rings. The van der Waals surface area contributed by atoms with Gasteiger partial charge < -0.3 is 58.3 Å². The summed E-state index contributed by atoms with van der Waals surface area (Å²) < 4.78 is 45.3. The number of ether oxygens (including phenoxy) is 8. The molecular formula is C33H66O12. The fourth-order valence-corrected chi connectivity index (χ4v) is 3.63. The number of rotatable bonds is 31. The largest absolute Gasteiger partial charge is 0.394 e. The minimum atomic E-state index is -0.802. The first-order chi connectivity index (χ1) is 21.0. The third-order valence-corrected chi connectivity index (χ3v) is 7.52. The highest BCUT2D eigenvalue weighted by Gasteiger charge is 2.40. The average Bonchev–Trinajstić information content (AvgIpc) is 2.94. The molecule has 0 spiro atoms. The predicted octanol–water partition coefficient (Wildman–Crippen LogP) is 2.52. The fraction of sp³-hybridized carbons (Fsp3) is 0.939. The highest BCUT2D eigenvalue weighted by molar-refractivity contribution is 4.89. The number of aliphatic hydroxyl groups is 4. The maximum absolute atomic E-state index is 10.0. The van der Waals surface area contributed by atoms with Crippen molar-refractivity contribution in [2.45, 2.75) is 103 Å². The van der Waals surface area contributed by atoms with E-state index in [1.54, 1.807) is 6.08 Å². The second-order valence-corrected chi connectivity index (χ2v) is 13.7. The molecule has 12 nitrogen and oxygen atoms in total. The molecule has 3 atom stereocenters. The van der Waals surface area contributed by atoms with Crippen molar-refractivity contribution in [1.29, 1.82) is 0 Å². The van der Waals surface area contributed by atoms with Crippen molar-refractivity contribution in [1.82, 2.24) is 0 Å². The van der Waals surface area contributed by atoms with Gasteiger partial charge in [0.2, 0.25) is 0 Å². The molecule has 0 saturated carbocycles. The van der Waals surface area contributed by atoms with Gasteiger partial charge in [-0.2, -0.15) is 0 Å². The summed E-state index contributed by atoms with van der Waals surface area (Å²) in [7, 11) is 0. The van der Waals surface area contributed by atoms with Crippen LogP contribution in [-0.4, -0.2) is 148 Å². The number of hydrogen-bond acceptors (Lipinski definition) is 12. The zero-order valence-corrected chi connectivity index (χ0v) is 29.4. The van der Waals surface area contributed by atoms with E-state index in [0.29, 0.717) is 52.5 Å². The van der Waals surface area contributed by atoms with Crippen LogP contribution >= 0.6 is 0 Å². The molecule has 0 aliphatic carbocycles. The van der Waals surface area contributed by atoms with Crippen LogP contribution in [0.3, 0.4) is 0 Å². The first-order valence-corrected chi connectivity index (χ1v) is 16.0. The topological polar surface area (TPSA) is 155 Å². The Kier molecular flexibility index (Phi) is 23.2. The van der Waals surface area contributed by atoms with E-state index < -0.39 is 35.1 Å². The molecule has 0 aliphatic rings. The molecule has 0 radical (unpaired) electrons. The summed E-state index contributed by atoms with van der Waals surface area (Å²) in [5.74, 6) is 0. The normalized spacial score (nSPS) is 15.3. The molecule has 0 aliphatic heterocycles. The van der Waals surface area contributed by atoms with Crippen LogP contribution < -0.4 is 0 Å². The SMILES string of the molecule is C=CCOCC(O)COCC(O)COCCOC(C)(C)CCOC(C)(C)C(C)(C)COC(C)(C)CCOCC(O)COCCO. The van der Waals surface area contributed by atoms with Gasteiger partial charge in [-0.1, -0.05) is 19.9 Å². The van der Waals surface area contributed by atoms with Crippen molar-refractivity contribution >= 4 is 0 Å². The molecule has 0 aromatic carbocycles. The van der Waals surface area contributed by atoms with Gasteiger partial charge in [0.25, 0.3) is 0 Å². The summed E-state index contributed by atoms with van der Waals surface area (Å²) in [4.78, 5) is 0. The number of hydrogen-bond donors (Lipinski definition) is 4. The van der Waals surface area contributed by atoms with Crippen LogP contribution in [0, 0.1) is 5.41 Å². The summed E-state index contributed by atoms with van der Waals surface area (Å²) in [6, 6.07) is 0. The van der Waals surface area contributed by atoms with E-state index >= 15 is 0 Å². The van der Waals surface area contributed by atoms with E-state index in [9.17, 15) is 15.3 Å². The number of aliphatic hydroxyl groups excluding tert-OH is 4. The monoisotopic (exact) mass is 654 g/mol. The minimum Gasteiger partial charge on any atom is -0.394 e. The highest BCUT2D eigenvalue weighted by atomic mass is 16.6. The Bertz CT molecular complexity index is 728. The maximum Gasteiger partial charge on any atom is 0.101 e. The standard InChI is InChI=1S/C33H66O12/c1-10-14-38-20-28(36)24-42-25-29(37)23-41-18-19-43-31(4,5)12-16-44-33(8,9)30(2,3)26-45-32(6,7)11-15-39-21-27(35)22-40-17-13-34/h10,27-29,34-37H,1,11-26H2,2-9H3. The predicted molar refractivity (Wildman–Crippen MR) is 173 cm³/mol. The molecule has 0 amide bonds. The summed E-state index contributed by atoms with van der Waals surface area (Å²) in [5.41, 5.74) is -1.60. The van der Waals surface area contributed by atoms with Crippen LogP contribution in [-0.2, 0) is 37.9 Å². The Labute approximate surface area is 272 Å². The molecule has 4 N–H and O–H groups in total. The average molecular weight is 655 g/mol. The molecule has 45 heavy (non-hydrogen) atoms. The molecule has 0 fully saturated rings. The summed E-state index contributed by atoms with van der Waals surface area (Å²) in [6.45, 7) is 23.3. The van der Waals surface area contributed by atoms with E-state index in [2.05, 4.69) is 34.3 Å². The van der Waals surface area contributed by atoms with Crippen molar-refractivity contribution in [2.24, 2.45) is 5.41 Å². The lowest BCUT2D eigenvalue weighted by atomic mass is 9.77. The Morgan fingerprint density at radius 2 is 1.02 bits per heavy atom. The van der Waals surface area contributed by atoms with Crippen LogP contribution in [0.15, 0.2) is 12.7 Å². The van der Waals surface area contributed by atoms with Crippen molar-refractivity contribution in [2.75, 3.05) is 92.5 Å². The van der Waals surface area contributed by atoms with Gasteiger partial charge in [-0.25, -0.2) is 0 Å². The Balaban J connectivity index is 4.24. The third-order valence-electron chi connectivity index (χ3n) is 7.52. The van der Waals surface area contributed by atoms with Crippen LogP contribution in [0.1, 0.15) is 68.2 Å². The Morgan fingerprint density at radius 3 is 1.58 bits per heavy atom. The van der Waals surface area contributed by atoms with E-state index in [-0.39, 0.29) is 58.3 Å². The van der Waals surface area contributed by atoms with Gasteiger partial charge in [-0.15, -0.1) is 6.58 Å². The Morgan fingerprint density at radius 1 is 0.556 bits per heavy atom. The molecule has 0 rings (SSSR count). The van der Waals surface area contributed by atoms with Crippen LogP contribution in [0.2, 0.25) is 0 Å². The van der Waals surface area contributed by atoms with Gasteiger partial charge >= 0.3 is 0 Å². The zero-order valence-electron chi connectivity index (χ0n) is 29.4. The van der Waals surface area contributed by atoms with Gasteiger partial charge in [0.05, 0.1) is 103 Å². The van der Waals surface area contributed by atoms with Gasteiger partial charge in [-0.3, -0.25) is 0 Å². The maximum atomic E-state index is 10.0. The lowest BCUT2D eigenvalue weighted by Crippen LogP contribution is -2.47. The van der Waals surface area contributed by atoms with E-state index in [4.69, 9.17) is 43.0 Å². The van der Waals surface area contributed by atoms with Gasteiger partial charge in [0.15, 0.2) is 0 Å². The minimum absolute atomic E-state index is 0.0553. The van der Waals surface area contributed by atoms with Crippen LogP contribution in [0.5, 0.6) is 0 Å². The highest BCUT2D eigenvalue weighted by Crippen LogP contribution is 2.36. The summed E-state index contributed by atoms with van der Waals surface area (Å²) in [5, 5.41) is 38.3. The molecule has 0 bridgehead atoms. The molecular weight excluding hydrogens is 588 g/mol. The van der Waals surface area contributed by atoms with Crippen molar-refractivity contribution in [3.05, 3.63) is 12.7 Å². The molecule has 0 heterocycles. The van der Waals surface area contributed by atoms with Crippen molar-refractivity contribution < 1.29 is 58.3 Å². The Hall–Kier alpha value is -0.740. The van der Waals surface area contributed by atoms with Gasteiger partial charge in [0, 0.05) is 12.0 Å². The van der Waals surface area contributed by atoms with E-state index in [0.717, 1.165) is 0 Å². The molecule has 3 unspecified atom stereocenters. The molecule has 270 valence electrons. The van der Waals surface area contributed by atoms with Gasteiger partial charge in [0.1, 0.15) is 18.3 Å². The van der Waals surface area contributed by atoms with Crippen LogP contribution in [0.4, 0.5) is 0 Å². The zero-order chi connectivity index (χ0) is 34.4. The van der Waals surface area contributed by atoms with Crippen LogP contribution in [0.25, 0.3) is 0 Å². The second kappa shape index (κ2) is 23.6. The smallest absolute Gasteiger partial charge is 0.101 e. The van der Waals surface area contributed by atoms with Gasteiger partial charge in [-0.05, 0) is 54.4 Å². The molecule has 12 heteroatoms. The fourth-order valence-electron chi connectivity index (χ4n) is 3.63. The first-order valence-electron chi connectivity index (χ1n) is 16.0. The van der Waals surface area contributed by atoms with Crippen molar-refractivity contribution in [3.63, 3.8) is 0 Å². The molecule has 0 saturated heterocycles. The quantitative estimate of drug-likeness (QED) is 0.0642. The van der Waals surface area contributed by atoms with E-state index in [1.807, 2.05) is 27.7 Å². The summed E-state index contributed by atoms with van der Waals surface area (Å²) in [6.07, 6.45) is 0.655. The van der Waals surface area contributed by atoms with Crippen molar-refractivity contribution in [3.8, 4) is 0 Å². The van der Waals surface area contributed by atoms with E-state index in [1.165, 1.54) is 0 Å². The lowest BCUT2D eigenvalue weighted by molar-refractivity contribution is -0.160. The lowest BCUT2D eigenvalue weighted by Gasteiger charge is -2.43.